The van der Waals surface area contributed by atoms with Gasteiger partial charge in [0.25, 0.3) is 0 Å². The number of aliphatic hydroxyl groups is 1. The Morgan fingerprint density at radius 1 is 1.00 bits per heavy atom. The second-order valence-corrected chi connectivity index (χ2v) is 8.94. The molecule has 0 aliphatic heterocycles. The molecule has 5 rings (SSSR count). The standard InChI is InChI=1S/C20H30N2O3/c23-12-13-1-2-17(8-13)22-18(24)3-4-21-19(25)20-9-14-5-15(10-20)7-16(6-14)11-20/h1-2,13-17,23H,3-12H2,(H,21,25)(H,22,24)/t13-,14?,15?,16?,17+,20?/m0/s1. The van der Waals surface area contributed by atoms with Crippen molar-refractivity contribution in [2.45, 2.75) is 57.4 Å². The molecular weight excluding hydrogens is 316 g/mol. The van der Waals surface area contributed by atoms with Crippen LogP contribution in [0.3, 0.4) is 0 Å². The monoisotopic (exact) mass is 346 g/mol. The Bertz CT molecular complexity index is 536. The topological polar surface area (TPSA) is 78.4 Å². The first-order chi connectivity index (χ1) is 12.1. The number of aliphatic hydroxyl groups excluding tert-OH is 1. The van der Waals surface area contributed by atoms with Crippen LogP contribution in [-0.4, -0.2) is 36.1 Å². The molecule has 0 heterocycles. The molecule has 3 N–H and O–H groups in total. The number of carbonyl (C=O) groups is 2. The van der Waals surface area contributed by atoms with Gasteiger partial charge in [-0.3, -0.25) is 9.59 Å². The van der Waals surface area contributed by atoms with Crippen molar-refractivity contribution in [1.82, 2.24) is 10.6 Å². The zero-order valence-corrected chi connectivity index (χ0v) is 14.9. The van der Waals surface area contributed by atoms with Gasteiger partial charge in [-0.1, -0.05) is 12.2 Å². The minimum Gasteiger partial charge on any atom is -0.396 e. The molecule has 0 saturated heterocycles. The van der Waals surface area contributed by atoms with Gasteiger partial charge in [0.05, 0.1) is 0 Å². The van der Waals surface area contributed by atoms with Crippen LogP contribution in [0, 0.1) is 29.1 Å². The van der Waals surface area contributed by atoms with Gasteiger partial charge in [-0.05, 0) is 62.7 Å². The Balaban J connectivity index is 1.22. The molecule has 4 bridgehead atoms. The van der Waals surface area contributed by atoms with Crippen molar-refractivity contribution in [2.75, 3.05) is 13.2 Å². The lowest BCUT2D eigenvalue weighted by Crippen LogP contribution is -2.53. The Hall–Kier alpha value is -1.36. The van der Waals surface area contributed by atoms with Crippen LogP contribution in [0.4, 0.5) is 0 Å². The molecule has 0 aromatic heterocycles. The smallest absolute Gasteiger partial charge is 0.226 e. The fourth-order valence-corrected chi connectivity index (χ4v) is 6.16. The molecule has 0 aromatic rings. The lowest BCUT2D eigenvalue weighted by atomic mass is 9.49. The van der Waals surface area contributed by atoms with Crippen LogP contribution in [0.1, 0.15) is 51.4 Å². The van der Waals surface area contributed by atoms with Gasteiger partial charge in [0, 0.05) is 36.9 Å². The molecule has 2 amide bonds. The van der Waals surface area contributed by atoms with Crippen LogP contribution in [0.5, 0.6) is 0 Å². The lowest BCUT2D eigenvalue weighted by Gasteiger charge is -2.55. The van der Waals surface area contributed by atoms with E-state index in [-0.39, 0.29) is 35.8 Å². The molecule has 25 heavy (non-hydrogen) atoms. The fraction of sp³-hybridized carbons (Fsp3) is 0.800. The number of rotatable bonds is 6. The maximum Gasteiger partial charge on any atom is 0.226 e. The third kappa shape index (κ3) is 3.48. The molecule has 138 valence electrons. The van der Waals surface area contributed by atoms with Crippen molar-refractivity contribution in [2.24, 2.45) is 29.1 Å². The van der Waals surface area contributed by atoms with Crippen molar-refractivity contribution in [1.29, 1.82) is 0 Å². The van der Waals surface area contributed by atoms with Crippen molar-refractivity contribution in [3.63, 3.8) is 0 Å². The maximum atomic E-state index is 12.8. The van der Waals surface area contributed by atoms with Gasteiger partial charge >= 0.3 is 0 Å². The summed E-state index contributed by atoms with van der Waals surface area (Å²) in [5, 5.41) is 15.1. The van der Waals surface area contributed by atoms with E-state index in [9.17, 15) is 9.59 Å². The highest BCUT2D eigenvalue weighted by atomic mass is 16.3. The summed E-state index contributed by atoms with van der Waals surface area (Å²) in [7, 11) is 0. The second-order valence-electron chi connectivity index (χ2n) is 8.94. The summed E-state index contributed by atoms with van der Waals surface area (Å²) in [6, 6.07) is 0.0171. The van der Waals surface area contributed by atoms with Gasteiger partial charge < -0.3 is 15.7 Å². The van der Waals surface area contributed by atoms with Gasteiger partial charge in [0.1, 0.15) is 0 Å². The fourth-order valence-electron chi connectivity index (χ4n) is 6.16. The van der Waals surface area contributed by atoms with Gasteiger partial charge in [-0.15, -0.1) is 0 Å². The number of carbonyl (C=O) groups excluding carboxylic acids is 2. The molecule has 4 saturated carbocycles. The molecule has 5 aliphatic rings. The van der Waals surface area contributed by atoms with Gasteiger partial charge in [-0.25, -0.2) is 0 Å². The number of hydrogen-bond donors (Lipinski definition) is 3. The quantitative estimate of drug-likeness (QED) is 0.641. The van der Waals surface area contributed by atoms with Gasteiger partial charge in [-0.2, -0.15) is 0 Å². The minimum atomic E-state index is -0.131. The normalized spacial score (nSPS) is 41.1. The van der Waals surface area contributed by atoms with E-state index in [0.717, 1.165) is 43.4 Å². The van der Waals surface area contributed by atoms with Crippen molar-refractivity contribution in [3.8, 4) is 0 Å². The second kappa shape index (κ2) is 6.75. The zero-order chi connectivity index (χ0) is 17.4. The number of nitrogens with one attached hydrogen (secondary N) is 2. The molecule has 5 aliphatic carbocycles. The molecule has 0 unspecified atom stereocenters. The summed E-state index contributed by atoms with van der Waals surface area (Å²) in [6.07, 6.45) is 12.2. The predicted molar refractivity (Wildman–Crippen MR) is 94.5 cm³/mol. The van der Waals surface area contributed by atoms with E-state index in [4.69, 9.17) is 5.11 Å². The third-order valence-electron chi connectivity index (χ3n) is 6.91. The van der Waals surface area contributed by atoms with Crippen LogP contribution in [0.25, 0.3) is 0 Å². The van der Waals surface area contributed by atoms with Crippen molar-refractivity contribution in [3.05, 3.63) is 12.2 Å². The van der Waals surface area contributed by atoms with Gasteiger partial charge in [0.15, 0.2) is 0 Å². The van der Waals surface area contributed by atoms with E-state index < -0.39 is 0 Å². The molecule has 0 spiro atoms. The summed E-state index contributed by atoms with van der Waals surface area (Å²) < 4.78 is 0. The Labute approximate surface area is 149 Å². The van der Waals surface area contributed by atoms with Crippen LogP contribution in [0.15, 0.2) is 12.2 Å². The number of hydrogen-bond acceptors (Lipinski definition) is 3. The number of amides is 2. The maximum absolute atomic E-state index is 12.8. The predicted octanol–water partition coefficient (Wildman–Crippen LogP) is 1.76. The summed E-state index contributed by atoms with van der Waals surface area (Å²) in [6.45, 7) is 0.552. The van der Waals surface area contributed by atoms with Crippen LogP contribution < -0.4 is 10.6 Å². The average Bonchev–Trinajstić information content (AvgIpc) is 3.01. The van der Waals surface area contributed by atoms with Crippen LogP contribution >= 0.6 is 0 Å². The van der Waals surface area contributed by atoms with E-state index in [2.05, 4.69) is 10.6 Å². The summed E-state index contributed by atoms with van der Waals surface area (Å²) in [5.41, 5.74) is -0.131. The summed E-state index contributed by atoms with van der Waals surface area (Å²) >= 11 is 0. The first kappa shape index (κ1) is 17.1. The van der Waals surface area contributed by atoms with Crippen LogP contribution in [-0.2, 0) is 9.59 Å². The van der Waals surface area contributed by atoms with E-state index in [1.54, 1.807) is 0 Å². The Morgan fingerprint density at radius 2 is 1.64 bits per heavy atom. The highest BCUT2D eigenvalue weighted by molar-refractivity contribution is 5.84. The van der Waals surface area contributed by atoms with E-state index in [0.29, 0.717) is 13.0 Å². The SMILES string of the molecule is O=C(CCNC(=O)C12CC3CC(CC(C3)C1)C2)N[C@@H]1C=C[C@H](CO)C1. The average molecular weight is 346 g/mol. The van der Waals surface area contributed by atoms with Crippen molar-refractivity contribution < 1.29 is 14.7 Å². The molecule has 2 atom stereocenters. The van der Waals surface area contributed by atoms with Crippen molar-refractivity contribution >= 4 is 11.8 Å². The highest BCUT2D eigenvalue weighted by Gasteiger charge is 2.54. The third-order valence-corrected chi connectivity index (χ3v) is 6.91. The molecule has 0 radical (unpaired) electrons. The highest BCUT2D eigenvalue weighted by Crippen LogP contribution is 2.60. The molecule has 0 aromatic carbocycles. The van der Waals surface area contributed by atoms with E-state index in [1.165, 1.54) is 19.3 Å². The largest absolute Gasteiger partial charge is 0.396 e. The Kier molecular flexibility index (Phi) is 4.61. The van der Waals surface area contributed by atoms with Gasteiger partial charge in [0.2, 0.25) is 11.8 Å². The first-order valence-electron chi connectivity index (χ1n) is 9.93. The van der Waals surface area contributed by atoms with E-state index >= 15 is 0 Å². The first-order valence-corrected chi connectivity index (χ1v) is 9.93. The van der Waals surface area contributed by atoms with Crippen LogP contribution in [0.2, 0.25) is 0 Å². The summed E-state index contributed by atoms with van der Waals surface area (Å²) in [5.74, 6) is 2.59. The molecule has 5 heteroatoms. The molecule has 4 fully saturated rings. The summed E-state index contributed by atoms with van der Waals surface area (Å²) in [4.78, 5) is 24.9. The lowest BCUT2D eigenvalue weighted by molar-refractivity contribution is -0.146. The molecular formula is C20H30N2O3. The van der Waals surface area contributed by atoms with E-state index in [1.807, 2.05) is 12.2 Å². The Morgan fingerprint density at radius 3 is 2.20 bits per heavy atom. The molecule has 5 nitrogen and oxygen atoms in total. The zero-order valence-electron chi connectivity index (χ0n) is 14.9. The minimum absolute atomic E-state index is 0.0171.